The Kier molecular flexibility index (Phi) is 9.09. The number of esters is 2. The van der Waals surface area contributed by atoms with Crippen LogP contribution in [0.15, 0.2) is 36.5 Å². The summed E-state index contributed by atoms with van der Waals surface area (Å²) in [5.74, 6) is -1.06. The highest BCUT2D eigenvalue weighted by Crippen LogP contribution is 2.19. The van der Waals surface area contributed by atoms with Crippen LogP contribution in [0.1, 0.15) is 48.3 Å². The molecule has 1 aromatic carbocycles. The van der Waals surface area contributed by atoms with Gasteiger partial charge in [-0.15, -0.1) is 0 Å². The second-order valence-corrected chi connectivity index (χ2v) is 7.98. The molecule has 2 heterocycles. The topological polar surface area (TPSA) is 172 Å². The third-order valence-electron chi connectivity index (χ3n) is 5.39. The van der Waals surface area contributed by atoms with Crippen LogP contribution >= 0.6 is 0 Å². The van der Waals surface area contributed by atoms with Gasteiger partial charge in [0, 0.05) is 23.1 Å². The molecule has 1 unspecified atom stereocenters. The van der Waals surface area contributed by atoms with Crippen molar-refractivity contribution in [3.63, 3.8) is 0 Å². The average Bonchev–Trinajstić information content (AvgIpc) is 2.85. The standard InChI is InChI=1S/C25H30N6O5/c1-3-35-21(32)12-11-19(24(34)36-4-2)29-23(33)16-8-5-15(6-9-16)7-10-17-13-18-20(14-28-17)30-25(27)31-22(18)26/h5-6,8-9,13-14,19H,3-4,7,10-12H2,1-2H3,(H,29,33)(H4,26,27,30,31). The van der Waals surface area contributed by atoms with E-state index in [9.17, 15) is 14.4 Å². The van der Waals surface area contributed by atoms with Crippen molar-refractivity contribution in [2.24, 2.45) is 0 Å². The van der Waals surface area contributed by atoms with Crippen LogP contribution < -0.4 is 16.8 Å². The summed E-state index contributed by atoms with van der Waals surface area (Å²) in [6.07, 6.45) is 3.02. The largest absolute Gasteiger partial charge is 0.466 e. The van der Waals surface area contributed by atoms with E-state index in [2.05, 4.69) is 20.3 Å². The molecule has 5 N–H and O–H groups in total. The number of nitrogens with two attached hydrogens (primary N) is 2. The molecule has 190 valence electrons. The number of benzene rings is 1. The Morgan fingerprint density at radius 3 is 2.42 bits per heavy atom. The zero-order valence-electron chi connectivity index (χ0n) is 20.3. The van der Waals surface area contributed by atoms with Gasteiger partial charge in [0.15, 0.2) is 0 Å². The fraction of sp³-hybridized carbons (Fsp3) is 0.360. The highest BCUT2D eigenvalue weighted by Gasteiger charge is 2.24. The van der Waals surface area contributed by atoms with Crippen molar-refractivity contribution in [1.29, 1.82) is 0 Å². The monoisotopic (exact) mass is 494 g/mol. The summed E-state index contributed by atoms with van der Waals surface area (Å²) in [4.78, 5) is 49.2. The predicted molar refractivity (Wildman–Crippen MR) is 134 cm³/mol. The Morgan fingerprint density at radius 1 is 1.00 bits per heavy atom. The number of carbonyl (C=O) groups is 3. The molecule has 0 saturated carbocycles. The molecule has 2 aromatic heterocycles. The number of amides is 1. The molecule has 36 heavy (non-hydrogen) atoms. The molecular formula is C25H30N6O5. The number of pyridine rings is 1. The number of aromatic nitrogens is 3. The molecule has 3 rings (SSSR count). The lowest BCUT2D eigenvalue weighted by Gasteiger charge is -2.17. The van der Waals surface area contributed by atoms with Crippen LogP contribution in [0.25, 0.3) is 10.9 Å². The Hall–Kier alpha value is -4.28. The van der Waals surface area contributed by atoms with E-state index >= 15 is 0 Å². The van der Waals surface area contributed by atoms with Gasteiger partial charge in [0.25, 0.3) is 5.91 Å². The van der Waals surface area contributed by atoms with Crippen LogP contribution in [0, 0.1) is 0 Å². The SMILES string of the molecule is CCOC(=O)CCC(NC(=O)c1ccc(CCc2cc3c(N)nc(N)nc3cn2)cc1)C(=O)OCC. The minimum absolute atomic E-state index is 0.00942. The van der Waals surface area contributed by atoms with Crippen molar-refractivity contribution in [2.45, 2.75) is 45.6 Å². The molecule has 0 aliphatic rings. The van der Waals surface area contributed by atoms with Gasteiger partial charge in [-0.05, 0) is 56.9 Å². The van der Waals surface area contributed by atoms with Gasteiger partial charge >= 0.3 is 11.9 Å². The molecule has 0 aliphatic heterocycles. The molecular weight excluding hydrogens is 464 g/mol. The summed E-state index contributed by atoms with van der Waals surface area (Å²) >= 11 is 0. The summed E-state index contributed by atoms with van der Waals surface area (Å²) in [5.41, 5.74) is 14.4. The Bertz CT molecular complexity index is 1230. The van der Waals surface area contributed by atoms with Gasteiger partial charge in [-0.25, -0.2) is 9.78 Å². The Morgan fingerprint density at radius 2 is 1.72 bits per heavy atom. The van der Waals surface area contributed by atoms with Crippen molar-refractivity contribution in [3.8, 4) is 0 Å². The quantitative estimate of drug-likeness (QED) is 0.335. The van der Waals surface area contributed by atoms with E-state index in [1.54, 1.807) is 32.2 Å². The lowest BCUT2D eigenvalue weighted by molar-refractivity contribution is -0.146. The Labute approximate surface area is 208 Å². The Balaban J connectivity index is 1.61. The van der Waals surface area contributed by atoms with Crippen LogP contribution in [0.3, 0.4) is 0 Å². The van der Waals surface area contributed by atoms with E-state index in [1.165, 1.54) is 0 Å². The van der Waals surface area contributed by atoms with E-state index in [4.69, 9.17) is 20.9 Å². The molecule has 0 radical (unpaired) electrons. The number of aryl methyl sites for hydroxylation is 2. The number of carbonyl (C=O) groups excluding carboxylic acids is 3. The first kappa shape index (κ1) is 26.3. The first-order chi connectivity index (χ1) is 17.3. The summed E-state index contributed by atoms with van der Waals surface area (Å²) < 4.78 is 9.93. The highest BCUT2D eigenvalue weighted by atomic mass is 16.5. The third kappa shape index (κ3) is 7.11. The molecule has 1 amide bonds. The second-order valence-electron chi connectivity index (χ2n) is 7.98. The zero-order valence-corrected chi connectivity index (χ0v) is 20.3. The number of hydrogen-bond acceptors (Lipinski definition) is 10. The van der Waals surface area contributed by atoms with Gasteiger partial charge in [0.1, 0.15) is 11.9 Å². The lowest BCUT2D eigenvalue weighted by atomic mass is 10.0. The molecule has 1 atom stereocenters. The normalized spacial score (nSPS) is 11.6. The van der Waals surface area contributed by atoms with E-state index in [0.717, 1.165) is 11.3 Å². The number of nitrogens with zero attached hydrogens (tertiary/aromatic N) is 3. The smallest absolute Gasteiger partial charge is 0.328 e. The van der Waals surface area contributed by atoms with Gasteiger partial charge < -0.3 is 26.3 Å². The molecule has 3 aromatic rings. The fourth-order valence-corrected chi connectivity index (χ4v) is 3.58. The van der Waals surface area contributed by atoms with Crippen molar-refractivity contribution in [2.75, 3.05) is 24.7 Å². The summed E-state index contributed by atoms with van der Waals surface area (Å²) in [7, 11) is 0. The number of nitrogens with one attached hydrogen (secondary N) is 1. The molecule has 11 nitrogen and oxygen atoms in total. The van der Waals surface area contributed by atoms with Crippen molar-refractivity contribution >= 4 is 40.5 Å². The second kappa shape index (κ2) is 12.4. The van der Waals surface area contributed by atoms with Crippen molar-refractivity contribution in [1.82, 2.24) is 20.3 Å². The van der Waals surface area contributed by atoms with Gasteiger partial charge in [-0.1, -0.05) is 12.1 Å². The number of hydrogen-bond donors (Lipinski definition) is 3. The summed E-state index contributed by atoms with van der Waals surface area (Å²) in [5, 5.41) is 3.35. The number of rotatable bonds is 11. The van der Waals surface area contributed by atoms with E-state index in [0.29, 0.717) is 35.1 Å². The molecule has 0 saturated heterocycles. The van der Waals surface area contributed by atoms with Gasteiger partial charge in [-0.2, -0.15) is 4.98 Å². The maximum absolute atomic E-state index is 12.7. The molecule has 0 spiro atoms. The van der Waals surface area contributed by atoms with Crippen LogP contribution in [0.4, 0.5) is 11.8 Å². The molecule has 0 aliphatic carbocycles. The number of anilines is 2. The van der Waals surface area contributed by atoms with Crippen LogP contribution in [-0.4, -0.2) is 52.1 Å². The zero-order chi connectivity index (χ0) is 26.1. The number of nitrogen functional groups attached to an aromatic ring is 2. The van der Waals surface area contributed by atoms with Gasteiger partial charge in [-0.3, -0.25) is 14.6 Å². The van der Waals surface area contributed by atoms with Crippen LogP contribution in [0.5, 0.6) is 0 Å². The first-order valence-corrected chi connectivity index (χ1v) is 11.7. The van der Waals surface area contributed by atoms with E-state index in [1.807, 2.05) is 18.2 Å². The van der Waals surface area contributed by atoms with Gasteiger partial charge in [0.2, 0.25) is 5.95 Å². The molecule has 0 fully saturated rings. The summed E-state index contributed by atoms with van der Waals surface area (Å²) in [6, 6.07) is 7.93. The molecule has 0 bridgehead atoms. The molecule has 11 heteroatoms. The van der Waals surface area contributed by atoms with Crippen molar-refractivity contribution in [3.05, 3.63) is 53.3 Å². The fourth-order valence-electron chi connectivity index (χ4n) is 3.58. The van der Waals surface area contributed by atoms with E-state index in [-0.39, 0.29) is 32.0 Å². The minimum atomic E-state index is -0.952. The van der Waals surface area contributed by atoms with Crippen LogP contribution in [0.2, 0.25) is 0 Å². The first-order valence-electron chi connectivity index (χ1n) is 11.7. The van der Waals surface area contributed by atoms with Gasteiger partial charge in [0.05, 0.1) is 24.9 Å². The third-order valence-corrected chi connectivity index (χ3v) is 5.39. The average molecular weight is 495 g/mol. The van der Waals surface area contributed by atoms with E-state index < -0.39 is 23.9 Å². The summed E-state index contributed by atoms with van der Waals surface area (Å²) in [6.45, 7) is 3.79. The number of fused-ring (bicyclic) bond motifs is 1. The number of ether oxygens (including phenoxy) is 2. The highest BCUT2D eigenvalue weighted by molar-refractivity contribution is 5.97. The lowest BCUT2D eigenvalue weighted by Crippen LogP contribution is -2.42. The maximum atomic E-state index is 12.7. The predicted octanol–water partition coefficient (Wildman–Crippen LogP) is 1.98. The minimum Gasteiger partial charge on any atom is -0.466 e. The van der Waals surface area contributed by atoms with Crippen LogP contribution in [-0.2, 0) is 31.9 Å². The van der Waals surface area contributed by atoms with Crippen molar-refractivity contribution < 1.29 is 23.9 Å². The maximum Gasteiger partial charge on any atom is 0.328 e.